The summed E-state index contributed by atoms with van der Waals surface area (Å²) in [6, 6.07) is 1.91. The number of aromatic nitrogens is 1. The van der Waals surface area contributed by atoms with E-state index < -0.39 is 5.97 Å². The highest BCUT2D eigenvalue weighted by Crippen LogP contribution is 2.24. The van der Waals surface area contributed by atoms with E-state index in [0.717, 1.165) is 37.7 Å². The van der Waals surface area contributed by atoms with Gasteiger partial charge in [-0.3, -0.25) is 9.59 Å². The molecule has 1 aliphatic rings. The molecule has 0 unspecified atom stereocenters. The van der Waals surface area contributed by atoms with E-state index in [0.29, 0.717) is 12.2 Å². The van der Waals surface area contributed by atoms with E-state index >= 15 is 0 Å². The molecule has 0 atom stereocenters. The van der Waals surface area contributed by atoms with Crippen LogP contribution in [0.25, 0.3) is 0 Å². The molecule has 0 fully saturated rings. The second-order valence-corrected chi connectivity index (χ2v) is 4.16. The van der Waals surface area contributed by atoms with Crippen LogP contribution in [0.3, 0.4) is 0 Å². The Bertz CT molecular complexity index is 420. The van der Waals surface area contributed by atoms with Crippen molar-refractivity contribution in [3.63, 3.8) is 0 Å². The average Bonchev–Trinajstić information content (AvgIpc) is 2.64. The lowest BCUT2D eigenvalue weighted by molar-refractivity contribution is -0.137. The van der Waals surface area contributed by atoms with Crippen LogP contribution in [0.5, 0.6) is 0 Å². The number of carbonyl (C=O) groups is 2. The summed E-state index contributed by atoms with van der Waals surface area (Å²) < 4.78 is 1.87. The van der Waals surface area contributed by atoms with Gasteiger partial charge in [0.1, 0.15) is 0 Å². The Morgan fingerprint density at radius 3 is 2.88 bits per heavy atom. The highest BCUT2D eigenvalue weighted by molar-refractivity contribution is 5.74. The summed E-state index contributed by atoms with van der Waals surface area (Å²) in [4.78, 5) is 21.5. The Balaban J connectivity index is 2.29. The highest BCUT2D eigenvalue weighted by Gasteiger charge is 2.17. The predicted molar refractivity (Wildman–Crippen MR) is 58.7 cm³/mol. The molecule has 1 N–H and O–H groups in total. The second kappa shape index (κ2) is 4.51. The van der Waals surface area contributed by atoms with E-state index in [1.807, 2.05) is 10.6 Å². The minimum Gasteiger partial charge on any atom is -0.481 e. The SMILES string of the molecule is O=Cc1cc2c(n1CCC(=O)O)CCCC2. The molecule has 1 aliphatic carbocycles. The number of hydrogen-bond acceptors (Lipinski definition) is 2. The molecule has 1 heterocycles. The number of aliphatic carboxylic acids is 1. The molecule has 4 heteroatoms. The normalized spacial score (nSPS) is 14.5. The number of fused-ring (bicyclic) bond motifs is 1. The molecule has 0 aliphatic heterocycles. The van der Waals surface area contributed by atoms with Gasteiger partial charge < -0.3 is 9.67 Å². The van der Waals surface area contributed by atoms with E-state index in [-0.39, 0.29) is 6.42 Å². The minimum absolute atomic E-state index is 0.0714. The number of nitrogens with zero attached hydrogens (tertiary/aromatic N) is 1. The van der Waals surface area contributed by atoms with Gasteiger partial charge in [0.2, 0.25) is 0 Å². The third-order valence-corrected chi connectivity index (χ3v) is 3.11. The standard InChI is InChI=1S/C12H15NO3/c14-8-10-7-9-3-1-2-4-11(9)13(10)6-5-12(15)16/h7-8H,1-6H2,(H,15,16). The molecule has 0 aromatic carbocycles. The van der Waals surface area contributed by atoms with Crippen LogP contribution in [-0.4, -0.2) is 21.9 Å². The lowest BCUT2D eigenvalue weighted by Crippen LogP contribution is -2.12. The van der Waals surface area contributed by atoms with Gasteiger partial charge in [0, 0.05) is 12.2 Å². The van der Waals surface area contributed by atoms with Gasteiger partial charge in [0.25, 0.3) is 0 Å². The zero-order valence-electron chi connectivity index (χ0n) is 9.11. The van der Waals surface area contributed by atoms with E-state index in [9.17, 15) is 9.59 Å². The lowest BCUT2D eigenvalue weighted by atomic mass is 9.98. The molecule has 0 radical (unpaired) electrons. The first-order chi connectivity index (χ1) is 7.72. The molecule has 0 saturated heterocycles. The maximum absolute atomic E-state index is 10.9. The summed E-state index contributed by atoms with van der Waals surface area (Å²) >= 11 is 0. The summed E-state index contributed by atoms with van der Waals surface area (Å²) in [6.45, 7) is 0.402. The fourth-order valence-electron chi connectivity index (χ4n) is 2.36. The third-order valence-electron chi connectivity index (χ3n) is 3.11. The Morgan fingerprint density at radius 1 is 1.44 bits per heavy atom. The van der Waals surface area contributed by atoms with Gasteiger partial charge >= 0.3 is 5.97 Å². The fraction of sp³-hybridized carbons (Fsp3) is 0.500. The Morgan fingerprint density at radius 2 is 2.19 bits per heavy atom. The van der Waals surface area contributed by atoms with E-state index in [1.54, 1.807) is 0 Å². The van der Waals surface area contributed by atoms with Crippen molar-refractivity contribution in [2.75, 3.05) is 0 Å². The number of carbonyl (C=O) groups excluding carboxylic acids is 1. The summed E-state index contributed by atoms with van der Waals surface area (Å²) in [7, 11) is 0. The van der Waals surface area contributed by atoms with Gasteiger partial charge in [-0.05, 0) is 37.3 Å². The zero-order valence-corrected chi connectivity index (χ0v) is 9.11. The number of carboxylic acids is 1. The van der Waals surface area contributed by atoms with Gasteiger partial charge in [-0.1, -0.05) is 0 Å². The van der Waals surface area contributed by atoms with Crippen LogP contribution < -0.4 is 0 Å². The number of rotatable bonds is 4. The molecule has 0 amide bonds. The fourth-order valence-corrected chi connectivity index (χ4v) is 2.36. The predicted octanol–water partition coefficient (Wildman–Crippen LogP) is 1.65. The summed E-state index contributed by atoms with van der Waals surface area (Å²) in [5.41, 5.74) is 3.00. The summed E-state index contributed by atoms with van der Waals surface area (Å²) in [5, 5.41) is 8.68. The van der Waals surface area contributed by atoms with Crippen molar-refractivity contribution in [1.29, 1.82) is 0 Å². The maximum Gasteiger partial charge on any atom is 0.305 e. The molecular formula is C12H15NO3. The molecule has 0 spiro atoms. The molecule has 1 aromatic heterocycles. The van der Waals surface area contributed by atoms with Crippen molar-refractivity contribution in [3.05, 3.63) is 23.0 Å². The van der Waals surface area contributed by atoms with Crippen molar-refractivity contribution in [3.8, 4) is 0 Å². The van der Waals surface area contributed by atoms with Gasteiger partial charge in [-0.2, -0.15) is 0 Å². The number of carboxylic acid groups (broad SMARTS) is 1. The van der Waals surface area contributed by atoms with Crippen molar-refractivity contribution >= 4 is 12.3 Å². The van der Waals surface area contributed by atoms with Crippen molar-refractivity contribution in [2.45, 2.75) is 38.6 Å². The Labute approximate surface area is 93.9 Å². The van der Waals surface area contributed by atoms with Crippen LogP contribution in [0.4, 0.5) is 0 Å². The molecule has 0 saturated carbocycles. The Kier molecular flexibility index (Phi) is 3.08. The third kappa shape index (κ3) is 2.01. The van der Waals surface area contributed by atoms with E-state index in [2.05, 4.69) is 0 Å². The van der Waals surface area contributed by atoms with Gasteiger partial charge in [-0.25, -0.2) is 0 Å². The largest absolute Gasteiger partial charge is 0.481 e. The minimum atomic E-state index is -0.824. The smallest absolute Gasteiger partial charge is 0.305 e. The number of aryl methyl sites for hydroxylation is 1. The molecule has 16 heavy (non-hydrogen) atoms. The van der Waals surface area contributed by atoms with E-state index in [1.165, 1.54) is 5.56 Å². The van der Waals surface area contributed by atoms with Crippen LogP contribution >= 0.6 is 0 Å². The van der Waals surface area contributed by atoms with Crippen molar-refractivity contribution in [1.82, 2.24) is 4.57 Å². The maximum atomic E-state index is 10.9. The van der Waals surface area contributed by atoms with Crippen LogP contribution in [0.1, 0.15) is 41.0 Å². The van der Waals surface area contributed by atoms with Crippen molar-refractivity contribution < 1.29 is 14.7 Å². The van der Waals surface area contributed by atoms with E-state index in [4.69, 9.17) is 5.11 Å². The molecule has 1 aromatic rings. The quantitative estimate of drug-likeness (QED) is 0.786. The Hall–Kier alpha value is -1.58. The number of aldehydes is 1. The number of hydrogen-bond donors (Lipinski definition) is 1. The molecule has 86 valence electrons. The summed E-state index contributed by atoms with van der Waals surface area (Å²) in [6.07, 6.45) is 5.15. The molecule has 4 nitrogen and oxygen atoms in total. The van der Waals surface area contributed by atoms with Crippen LogP contribution in [-0.2, 0) is 24.2 Å². The zero-order chi connectivity index (χ0) is 11.5. The first-order valence-corrected chi connectivity index (χ1v) is 5.60. The monoisotopic (exact) mass is 221 g/mol. The van der Waals surface area contributed by atoms with Gasteiger partial charge in [0.05, 0.1) is 12.1 Å². The van der Waals surface area contributed by atoms with Crippen LogP contribution in [0.15, 0.2) is 6.07 Å². The summed E-state index contributed by atoms with van der Waals surface area (Å²) in [5.74, 6) is -0.824. The second-order valence-electron chi connectivity index (χ2n) is 4.16. The van der Waals surface area contributed by atoms with Crippen LogP contribution in [0, 0.1) is 0 Å². The molecule has 0 bridgehead atoms. The highest BCUT2D eigenvalue weighted by atomic mass is 16.4. The first-order valence-electron chi connectivity index (χ1n) is 5.60. The van der Waals surface area contributed by atoms with Gasteiger partial charge in [0.15, 0.2) is 6.29 Å². The van der Waals surface area contributed by atoms with Gasteiger partial charge in [-0.15, -0.1) is 0 Å². The van der Waals surface area contributed by atoms with Crippen molar-refractivity contribution in [2.24, 2.45) is 0 Å². The molecular weight excluding hydrogens is 206 g/mol. The van der Waals surface area contributed by atoms with Crippen LogP contribution in [0.2, 0.25) is 0 Å². The topological polar surface area (TPSA) is 59.3 Å². The first kappa shape index (κ1) is 10.9. The molecule has 2 rings (SSSR count). The average molecular weight is 221 g/mol. The lowest BCUT2D eigenvalue weighted by Gasteiger charge is -2.15.